The molecule has 0 spiro atoms. The fourth-order valence-corrected chi connectivity index (χ4v) is 7.66. The Labute approximate surface area is 315 Å². The minimum absolute atomic E-state index is 0.0609. The van der Waals surface area contributed by atoms with E-state index in [1.54, 1.807) is 0 Å². The average molecular weight is 847 g/mol. The molecule has 0 radical (unpaired) electrons. The summed E-state index contributed by atoms with van der Waals surface area (Å²) in [6, 6.07) is 14.8. The van der Waals surface area contributed by atoms with Crippen LogP contribution in [0, 0.1) is 0 Å². The Kier molecular flexibility index (Phi) is 9.80. The number of hydrogen-bond acceptors (Lipinski definition) is 16. The molecule has 6 aromatic rings. The molecule has 24 heteroatoms. The molecule has 6 rings (SSSR count). The highest BCUT2D eigenvalue weighted by atomic mass is 32.2. The molecule has 0 saturated heterocycles. The number of rotatable bonds is 9. The molecule has 290 valence electrons. The summed E-state index contributed by atoms with van der Waals surface area (Å²) in [5, 5.41) is 57.4. The molecule has 8 N–H and O–H groups in total. The predicted octanol–water partition coefficient (Wildman–Crippen LogP) is 6.30. The molecule has 0 aliphatic carbocycles. The number of nitrogens with zero attached hydrogens (tertiary/aromatic N) is 4. The molecule has 0 atom stereocenters. The van der Waals surface area contributed by atoms with Gasteiger partial charge in [0.1, 0.15) is 44.0 Å². The second kappa shape index (κ2) is 13.9. The van der Waals surface area contributed by atoms with Crippen LogP contribution >= 0.6 is 0 Å². The third-order valence-corrected chi connectivity index (χ3v) is 11.4. The van der Waals surface area contributed by atoms with E-state index in [4.69, 9.17) is 0 Å². The molecule has 0 aliphatic rings. The smallest absolute Gasteiger partial charge is 0.298 e. The van der Waals surface area contributed by atoms with Crippen molar-refractivity contribution in [3.8, 4) is 34.1 Å². The summed E-state index contributed by atoms with van der Waals surface area (Å²) in [6.45, 7) is 0. The molecule has 0 bridgehead atoms. The molecular weight excluding hydrogens is 825 g/mol. The van der Waals surface area contributed by atoms with Gasteiger partial charge in [-0.2, -0.15) is 33.7 Å². The van der Waals surface area contributed by atoms with E-state index in [2.05, 4.69) is 20.5 Å². The van der Waals surface area contributed by atoms with Gasteiger partial charge in [0.2, 0.25) is 0 Å². The van der Waals surface area contributed by atoms with Crippen molar-refractivity contribution in [2.24, 2.45) is 20.5 Å². The van der Waals surface area contributed by atoms with Crippen LogP contribution in [-0.4, -0.2) is 72.3 Å². The highest BCUT2D eigenvalue weighted by molar-refractivity contribution is 7.86. The van der Waals surface area contributed by atoms with E-state index < -0.39 is 94.4 Å². The molecule has 0 aliphatic heterocycles. The minimum atomic E-state index is -5.11. The van der Waals surface area contributed by atoms with Crippen LogP contribution < -0.4 is 0 Å². The summed E-state index contributed by atoms with van der Waals surface area (Å²) >= 11 is 0. The first kappa shape index (κ1) is 39.6. The SMILES string of the molecule is O=S(=O)(O)c1ccc2c(O)c(N=Nc3ccc(-c4ccc(N=Nc5c(O)c(S(=O)(=O)O)cc6cc(S(=O)(=O)O)ccc56)c(O)c4)cc3O)c(S(=O)(=O)O)cc2c1. The molecular formula is C32H22N4O16S4. The van der Waals surface area contributed by atoms with Crippen molar-refractivity contribution in [3.05, 3.63) is 84.9 Å². The van der Waals surface area contributed by atoms with E-state index in [0.29, 0.717) is 0 Å². The van der Waals surface area contributed by atoms with Gasteiger partial charge in [-0.15, -0.1) is 20.5 Å². The molecule has 6 aromatic carbocycles. The van der Waals surface area contributed by atoms with Crippen molar-refractivity contribution in [2.45, 2.75) is 19.6 Å². The van der Waals surface area contributed by atoms with Crippen LogP contribution in [0.25, 0.3) is 32.7 Å². The largest absolute Gasteiger partial charge is 0.506 e. The second-order valence-electron chi connectivity index (χ2n) is 11.6. The highest BCUT2D eigenvalue weighted by Crippen LogP contribution is 2.45. The maximum atomic E-state index is 12.2. The Morgan fingerprint density at radius 1 is 0.393 bits per heavy atom. The number of phenolic OH excluding ortho intramolecular Hbond substituents is 4. The molecule has 0 heterocycles. The van der Waals surface area contributed by atoms with Gasteiger partial charge in [0.25, 0.3) is 40.5 Å². The van der Waals surface area contributed by atoms with E-state index in [1.807, 2.05) is 0 Å². The second-order valence-corrected chi connectivity index (χ2v) is 17.2. The Morgan fingerprint density at radius 2 is 0.821 bits per heavy atom. The monoisotopic (exact) mass is 846 g/mol. The number of benzene rings is 6. The number of hydrogen-bond donors (Lipinski definition) is 8. The first-order chi connectivity index (χ1) is 25.9. The number of aromatic hydroxyl groups is 4. The van der Waals surface area contributed by atoms with Crippen molar-refractivity contribution < 1.29 is 72.3 Å². The lowest BCUT2D eigenvalue weighted by atomic mass is 10.0. The summed E-state index contributed by atoms with van der Waals surface area (Å²) in [5.41, 5.74) is -1.30. The maximum absolute atomic E-state index is 12.2. The first-order valence-corrected chi connectivity index (χ1v) is 20.7. The van der Waals surface area contributed by atoms with Crippen LogP contribution in [0.3, 0.4) is 0 Å². The number of azo groups is 2. The zero-order valence-corrected chi connectivity index (χ0v) is 30.6. The molecule has 56 heavy (non-hydrogen) atoms. The molecule has 0 fully saturated rings. The first-order valence-electron chi connectivity index (χ1n) is 14.9. The zero-order valence-electron chi connectivity index (χ0n) is 27.3. The van der Waals surface area contributed by atoms with E-state index in [9.17, 15) is 72.3 Å². The number of phenols is 4. The molecule has 0 amide bonds. The van der Waals surface area contributed by atoms with Gasteiger partial charge < -0.3 is 20.4 Å². The van der Waals surface area contributed by atoms with Crippen LogP contribution in [0.1, 0.15) is 0 Å². The van der Waals surface area contributed by atoms with Gasteiger partial charge in [-0.05, 0) is 88.6 Å². The van der Waals surface area contributed by atoms with Crippen LogP contribution in [0.5, 0.6) is 23.0 Å². The fourth-order valence-electron chi connectivity index (χ4n) is 5.35. The molecule has 0 saturated carbocycles. The Hall–Kier alpha value is -6.12. The highest BCUT2D eigenvalue weighted by Gasteiger charge is 2.25. The number of fused-ring (bicyclic) bond motifs is 2. The quantitative estimate of drug-likeness (QED) is 0.0584. The van der Waals surface area contributed by atoms with Crippen molar-refractivity contribution >= 4 is 84.8 Å². The van der Waals surface area contributed by atoms with E-state index in [1.165, 1.54) is 30.3 Å². The molecule has 0 unspecified atom stereocenters. The standard InChI is InChI=1S/C32H22N4O16S4/c37-25-11-15(1-7-23(25)33-35-29-21-5-3-19(53(41,42)43)9-17(21)14-28(32(29)40)56(50,51)52)16-2-8-24(26(38)12-16)34-36-30-27(55(47,48)49)13-18-10-20(54(44,45)46)4-6-22(18)31(30)39/h1-14,37-40H,(H,41,42,43)(H,44,45,46)(H,47,48,49)(H,50,51,52). The van der Waals surface area contributed by atoms with Crippen LogP contribution in [0.15, 0.2) is 125 Å². The van der Waals surface area contributed by atoms with Gasteiger partial charge in [0.05, 0.1) is 9.79 Å². The lowest BCUT2D eigenvalue weighted by Crippen LogP contribution is -2.00. The van der Waals surface area contributed by atoms with Gasteiger partial charge in [0.15, 0.2) is 11.5 Å². The van der Waals surface area contributed by atoms with Crippen molar-refractivity contribution in [1.29, 1.82) is 0 Å². The summed E-state index contributed by atoms with van der Waals surface area (Å²) in [4.78, 5) is -3.30. The van der Waals surface area contributed by atoms with Gasteiger partial charge >= 0.3 is 0 Å². The summed E-state index contributed by atoms with van der Waals surface area (Å²) in [5.74, 6) is -2.97. The zero-order chi connectivity index (χ0) is 41.1. The van der Waals surface area contributed by atoms with E-state index in [-0.39, 0.29) is 44.0 Å². The van der Waals surface area contributed by atoms with E-state index >= 15 is 0 Å². The van der Waals surface area contributed by atoms with Gasteiger partial charge in [0, 0.05) is 10.8 Å². The van der Waals surface area contributed by atoms with Gasteiger partial charge in [-0.3, -0.25) is 18.2 Å². The Balaban J connectivity index is 1.32. The lowest BCUT2D eigenvalue weighted by Gasteiger charge is -2.10. The lowest BCUT2D eigenvalue weighted by molar-refractivity contribution is 0.444. The van der Waals surface area contributed by atoms with Gasteiger partial charge in [-0.1, -0.05) is 18.2 Å². The van der Waals surface area contributed by atoms with Crippen LogP contribution in [0.2, 0.25) is 0 Å². The fraction of sp³-hybridized carbons (Fsp3) is 0. The summed E-state index contributed by atoms with van der Waals surface area (Å²) < 4.78 is 133. The molecule has 20 nitrogen and oxygen atoms in total. The van der Waals surface area contributed by atoms with Crippen molar-refractivity contribution in [1.82, 2.24) is 0 Å². The van der Waals surface area contributed by atoms with Crippen molar-refractivity contribution in [3.63, 3.8) is 0 Å². The topological polar surface area (TPSA) is 348 Å². The average Bonchev–Trinajstić information content (AvgIpc) is 3.09. The Bertz CT molecular complexity index is 3190. The predicted molar refractivity (Wildman–Crippen MR) is 194 cm³/mol. The van der Waals surface area contributed by atoms with Crippen LogP contribution in [-0.2, 0) is 40.5 Å². The third kappa shape index (κ3) is 7.84. The van der Waals surface area contributed by atoms with E-state index in [0.717, 1.165) is 54.6 Å². The normalized spacial score (nSPS) is 13.0. The van der Waals surface area contributed by atoms with Gasteiger partial charge in [-0.25, -0.2) is 0 Å². The maximum Gasteiger partial charge on any atom is 0.298 e. The Morgan fingerprint density at radius 3 is 1.27 bits per heavy atom. The molecule has 0 aromatic heterocycles. The summed E-state index contributed by atoms with van der Waals surface area (Å²) in [7, 11) is -19.6. The van der Waals surface area contributed by atoms with Crippen molar-refractivity contribution in [2.75, 3.05) is 0 Å². The van der Waals surface area contributed by atoms with Crippen LogP contribution in [0.4, 0.5) is 22.7 Å². The summed E-state index contributed by atoms with van der Waals surface area (Å²) in [6.07, 6.45) is 0. The minimum Gasteiger partial charge on any atom is -0.506 e. The third-order valence-electron chi connectivity index (χ3n) is 8.00.